The number of carboxylic acid groups (broad SMARTS) is 1. The number of aromatic carboxylic acids is 1. The number of carbonyl (C=O) groups excluding carboxylic acids is 5. The van der Waals surface area contributed by atoms with Crippen molar-refractivity contribution >= 4 is 69.7 Å². The third kappa shape index (κ3) is 10.6. The summed E-state index contributed by atoms with van der Waals surface area (Å²) in [5, 5.41) is 8.18. The molecule has 60 heavy (non-hydrogen) atoms. The van der Waals surface area contributed by atoms with Crippen molar-refractivity contribution in [1.82, 2.24) is 9.80 Å². The molecule has 2 fully saturated rings. The Hall–Kier alpha value is -6.90. The molecule has 2 aliphatic heterocycles. The first-order chi connectivity index (χ1) is 28.0. The number of amides is 4. The third-order valence-corrected chi connectivity index (χ3v) is 10.6. The molecule has 0 bridgehead atoms. The van der Waals surface area contributed by atoms with Gasteiger partial charge in [0, 0.05) is 29.7 Å². The SMILES string of the molecule is C.C.Cc1ccc(CC(=O)CN2C(=O)S/C(=C\c3ccc(-c4ccc(C(=O)O)cc4)o3)C2=O)cc1.O=C1S/C(=C\c2ccc(-c3ccccc3)o2)C(=O)N1Cc1ccco1. The summed E-state index contributed by atoms with van der Waals surface area (Å²) in [5.74, 6) is 0.531. The van der Waals surface area contributed by atoms with Crippen LogP contribution in [0.2, 0.25) is 0 Å². The Kier molecular flexibility index (Phi) is 14.5. The summed E-state index contributed by atoms with van der Waals surface area (Å²) < 4.78 is 16.7. The molecule has 14 heteroatoms. The molecule has 2 saturated heterocycles. The van der Waals surface area contributed by atoms with Gasteiger partial charge in [-0.2, -0.15) is 0 Å². The lowest BCUT2D eigenvalue weighted by molar-refractivity contribution is -0.128. The van der Waals surface area contributed by atoms with Crippen LogP contribution in [0.4, 0.5) is 9.59 Å². The minimum absolute atomic E-state index is 0. The van der Waals surface area contributed by atoms with Gasteiger partial charge in [0.1, 0.15) is 28.8 Å². The van der Waals surface area contributed by atoms with Gasteiger partial charge in [0.25, 0.3) is 22.3 Å². The molecule has 0 spiro atoms. The molecule has 2 aliphatic rings. The molecule has 6 aromatic rings. The first-order valence-electron chi connectivity index (χ1n) is 17.7. The monoisotopic (exact) mass is 844 g/mol. The Labute approximate surface area is 354 Å². The summed E-state index contributed by atoms with van der Waals surface area (Å²) >= 11 is 1.66. The van der Waals surface area contributed by atoms with Gasteiger partial charge in [-0.1, -0.05) is 87.1 Å². The largest absolute Gasteiger partial charge is 0.478 e. The Bertz CT molecular complexity index is 2570. The number of hydrogen-bond acceptors (Lipinski definition) is 11. The second-order valence-corrected chi connectivity index (χ2v) is 15.0. The van der Waals surface area contributed by atoms with E-state index in [0.717, 1.165) is 50.0 Å². The number of carboxylic acids is 1. The van der Waals surface area contributed by atoms with Gasteiger partial charge in [-0.15, -0.1) is 0 Å². The summed E-state index contributed by atoms with van der Waals surface area (Å²) in [7, 11) is 0. The van der Waals surface area contributed by atoms with E-state index in [2.05, 4.69) is 0 Å². The van der Waals surface area contributed by atoms with Crippen LogP contribution < -0.4 is 0 Å². The van der Waals surface area contributed by atoms with Crippen molar-refractivity contribution in [3.8, 4) is 22.6 Å². The number of furan rings is 3. The molecule has 5 heterocycles. The summed E-state index contributed by atoms with van der Waals surface area (Å²) in [4.78, 5) is 75.6. The number of benzene rings is 3. The van der Waals surface area contributed by atoms with E-state index in [-0.39, 0.29) is 61.8 Å². The topological polar surface area (TPSA) is 169 Å². The van der Waals surface area contributed by atoms with E-state index < -0.39 is 17.1 Å². The molecular formula is C46H40N2O10S2. The van der Waals surface area contributed by atoms with Crippen LogP contribution in [-0.2, 0) is 27.3 Å². The molecule has 1 N–H and O–H groups in total. The zero-order chi connectivity index (χ0) is 40.8. The molecule has 3 aromatic carbocycles. The predicted octanol–water partition coefficient (Wildman–Crippen LogP) is 10.8. The standard InChI is InChI=1S/C25H19NO6S.C19H13NO4S.2CH4/c1-15-2-4-16(5-3-15)12-19(27)14-26-23(28)22(33-25(26)31)13-20-10-11-21(32-20)17-6-8-18(9-7-17)24(29)30;21-18-17(25-19(22)20(18)12-15-7-4-10-23-15)11-14-8-9-16(24-14)13-5-2-1-3-6-13;;/h2-11,13H,12,14H2,1H3,(H,29,30);1-11H,12H2;2*1H4/b22-13-;17-11-;;. The molecule has 3 aromatic heterocycles. The van der Waals surface area contributed by atoms with Crippen LogP contribution in [0.1, 0.15) is 53.6 Å². The second-order valence-electron chi connectivity index (χ2n) is 13.0. The number of hydrogen-bond donors (Lipinski definition) is 1. The van der Waals surface area contributed by atoms with Crippen LogP contribution in [0.15, 0.2) is 145 Å². The van der Waals surface area contributed by atoms with Gasteiger partial charge < -0.3 is 18.4 Å². The van der Waals surface area contributed by atoms with Crippen molar-refractivity contribution in [3.63, 3.8) is 0 Å². The van der Waals surface area contributed by atoms with Gasteiger partial charge >= 0.3 is 5.97 Å². The molecule has 306 valence electrons. The fourth-order valence-electron chi connectivity index (χ4n) is 5.81. The number of nitrogens with zero attached hydrogens (tertiary/aromatic N) is 2. The van der Waals surface area contributed by atoms with Gasteiger partial charge in [-0.05, 0) is 84.5 Å². The van der Waals surface area contributed by atoms with Gasteiger partial charge in [0.05, 0.1) is 34.7 Å². The van der Waals surface area contributed by atoms with Crippen LogP contribution in [-0.4, -0.2) is 55.5 Å². The Morgan fingerprint density at radius 1 is 0.650 bits per heavy atom. The highest BCUT2D eigenvalue weighted by atomic mass is 32.2. The fraction of sp³-hybridized carbons (Fsp3) is 0.130. The van der Waals surface area contributed by atoms with E-state index >= 15 is 0 Å². The first kappa shape index (κ1) is 44.2. The molecule has 0 radical (unpaired) electrons. The van der Waals surface area contributed by atoms with E-state index in [1.807, 2.05) is 67.6 Å². The van der Waals surface area contributed by atoms with Crippen molar-refractivity contribution in [2.45, 2.75) is 34.7 Å². The smallest absolute Gasteiger partial charge is 0.335 e. The Balaban J connectivity index is 0.000000228. The minimum atomic E-state index is -1.02. The van der Waals surface area contributed by atoms with E-state index in [1.54, 1.807) is 48.5 Å². The molecule has 4 amide bonds. The average molecular weight is 845 g/mol. The van der Waals surface area contributed by atoms with Crippen LogP contribution >= 0.6 is 23.5 Å². The number of thioether (sulfide) groups is 2. The zero-order valence-electron chi connectivity index (χ0n) is 30.7. The average Bonchev–Trinajstić information content (AvgIpc) is 4.08. The highest BCUT2D eigenvalue weighted by Gasteiger charge is 2.37. The maximum atomic E-state index is 12.7. The zero-order valence-corrected chi connectivity index (χ0v) is 32.3. The van der Waals surface area contributed by atoms with Gasteiger partial charge in [-0.25, -0.2) is 4.79 Å². The lowest BCUT2D eigenvalue weighted by atomic mass is 10.1. The lowest BCUT2D eigenvalue weighted by Gasteiger charge is -2.11. The van der Waals surface area contributed by atoms with E-state index in [9.17, 15) is 28.8 Å². The number of Topliss-reactive ketones (excluding diaryl/α,β-unsaturated/α-hetero) is 1. The van der Waals surface area contributed by atoms with Crippen molar-refractivity contribution < 1.29 is 47.1 Å². The van der Waals surface area contributed by atoms with Gasteiger partial charge in [-0.3, -0.25) is 33.8 Å². The van der Waals surface area contributed by atoms with Crippen molar-refractivity contribution in [2.75, 3.05) is 6.54 Å². The number of imide groups is 2. The van der Waals surface area contributed by atoms with Crippen LogP contribution in [0.25, 0.3) is 34.8 Å². The van der Waals surface area contributed by atoms with Crippen LogP contribution in [0.3, 0.4) is 0 Å². The molecule has 8 rings (SSSR count). The summed E-state index contributed by atoms with van der Waals surface area (Å²) in [6.45, 7) is 1.80. The van der Waals surface area contributed by atoms with Gasteiger partial charge in [0.2, 0.25) is 0 Å². The van der Waals surface area contributed by atoms with Crippen LogP contribution in [0.5, 0.6) is 0 Å². The lowest BCUT2D eigenvalue weighted by Crippen LogP contribution is -2.34. The Morgan fingerprint density at radius 2 is 1.20 bits per heavy atom. The molecule has 0 atom stereocenters. The highest BCUT2D eigenvalue weighted by Crippen LogP contribution is 2.35. The highest BCUT2D eigenvalue weighted by molar-refractivity contribution is 8.18. The molecular weight excluding hydrogens is 805 g/mol. The van der Waals surface area contributed by atoms with E-state index in [4.69, 9.17) is 18.4 Å². The summed E-state index contributed by atoms with van der Waals surface area (Å²) in [5.41, 5.74) is 3.70. The second kappa shape index (κ2) is 19.7. The fourth-order valence-corrected chi connectivity index (χ4v) is 7.44. The predicted molar refractivity (Wildman–Crippen MR) is 231 cm³/mol. The molecule has 0 aliphatic carbocycles. The maximum absolute atomic E-state index is 12.7. The van der Waals surface area contributed by atoms with Crippen LogP contribution in [0, 0.1) is 6.92 Å². The summed E-state index contributed by atoms with van der Waals surface area (Å²) in [6.07, 6.45) is 4.71. The normalized spacial score (nSPS) is 14.9. The third-order valence-electron chi connectivity index (χ3n) is 8.77. The molecule has 0 unspecified atom stereocenters. The van der Waals surface area contributed by atoms with Crippen molar-refractivity contribution in [1.29, 1.82) is 0 Å². The van der Waals surface area contributed by atoms with Crippen molar-refractivity contribution in [3.05, 3.63) is 165 Å². The minimum Gasteiger partial charge on any atom is -0.478 e. The quantitative estimate of drug-likeness (QED) is 0.123. The number of aryl methyl sites for hydroxylation is 1. The summed E-state index contributed by atoms with van der Waals surface area (Å²) in [6, 6.07) is 33.8. The van der Waals surface area contributed by atoms with E-state index in [0.29, 0.717) is 39.3 Å². The number of rotatable bonds is 11. The maximum Gasteiger partial charge on any atom is 0.335 e. The molecule has 0 saturated carbocycles. The first-order valence-corrected chi connectivity index (χ1v) is 19.3. The van der Waals surface area contributed by atoms with Gasteiger partial charge in [0.15, 0.2) is 5.78 Å². The number of carbonyl (C=O) groups is 6. The van der Waals surface area contributed by atoms with Crippen molar-refractivity contribution in [2.24, 2.45) is 0 Å². The van der Waals surface area contributed by atoms with E-state index in [1.165, 1.54) is 24.5 Å². The Morgan fingerprint density at radius 3 is 1.75 bits per heavy atom. The molecule has 12 nitrogen and oxygen atoms in total. The number of ketones is 1.